The van der Waals surface area contributed by atoms with E-state index in [-0.39, 0.29) is 0 Å². The van der Waals surface area contributed by atoms with Crippen molar-refractivity contribution in [2.24, 2.45) is 5.92 Å². The van der Waals surface area contributed by atoms with Crippen molar-refractivity contribution in [2.75, 3.05) is 23.7 Å². The fourth-order valence-corrected chi connectivity index (χ4v) is 2.51. The minimum absolute atomic E-state index is 0.812. The highest BCUT2D eigenvalue weighted by Crippen LogP contribution is 2.30. The molecule has 1 fully saturated rings. The molecule has 0 saturated heterocycles. The van der Waals surface area contributed by atoms with Crippen molar-refractivity contribution in [1.82, 2.24) is 4.98 Å². The molecule has 1 aliphatic carbocycles. The molecule has 0 spiro atoms. The molecule has 0 atom stereocenters. The van der Waals surface area contributed by atoms with Gasteiger partial charge in [-0.25, -0.2) is 4.98 Å². The molecule has 0 unspecified atom stereocenters. The Labute approximate surface area is 88.9 Å². The number of hydrogen-bond acceptors (Lipinski definition) is 4. The van der Waals surface area contributed by atoms with Gasteiger partial charge in [0.2, 0.25) is 0 Å². The first-order chi connectivity index (χ1) is 6.79. The second-order valence-corrected chi connectivity index (χ2v) is 4.92. The molecule has 3 nitrogen and oxygen atoms in total. The number of anilines is 2. The Morgan fingerprint density at radius 3 is 2.86 bits per heavy atom. The van der Waals surface area contributed by atoms with Crippen molar-refractivity contribution in [3.05, 3.63) is 6.20 Å². The third-order valence-electron chi connectivity index (χ3n) is 2.87. The maximum Gasteiger partial charge on any atom is 0.187 e. The summed E-state index contributed by atoms with van der Waals surface area (Å²) in [5, 5.41) is 1.89. The molecule has 2 rings (SSSR count). The molecule has 0 amide bonds. The van der Waals surface area contributed by atoms with Crippen molar-refractivity contribution >= 4 is 21.5 Å². The predicted octanol–water partition coefficient (Wildman–Crippen LogP) is 2.35. The smallest absolute Gasteiger partial charge is 0.187 e. The number of thiazole rings is 1. The van der Waals surface area contributed by atoms with Crippen LogP contribution in [-0.4, -0.2) is 18.1 Å². The van der Waals surface area contributed by atoms with Gasteiger partial charge >= 0.3 is 0 Å². The van der Waals surface area contributed by atoms with Crippen molar-refractivity contribution < 1.29 is 0 Å². The number of nitrogen functional groups attached to an aromatic ring is 1. The van der Waals surface area contributed by atoms with Crippen LogP contribution in [-0.2, 0) is 0 Å². The van der Waals surface area contributed by atoms with Crippen LogP contribution in [0.1, 0.15) is 26.2 Å². The molecule has 1 saturated carbocycles. The molecular formula is C10H17N3S. The Morgan fingerprint density at radius 1 is 1.64 bits per heavy atom. The summed E-state index contributed by atoms with van der Waals surface area (Å²) in [5.41, 5.74) is 5.68. The van der Waals surface area contributed by atoms with Gasteiger partial charge in [0.1, 0.15) is 5.00 Å². The lowest BCUT2D eigenvalue weighted by Gasteiger charge is -2.31. The Balaban J connectivity index is 1.97. The zero-order valence-electron chi connectivity index (χ0n) is 8.57. The van der Waals surface area contributed by atoms with Crippen molar-refractivity contribution in [3.8, 4) is 0 Å². The van der Waals surface area contributed by atoms with Crippen LogP contribution in [0.3, 0.4) is 0 Å². The van der Waals surface area contributed by atoms with Crippen LogP contribution >= 0.6 is 11.3 Å². The molecule has 2 N–H and O–H groups in total. The maximum atomic E-state index is 5.68. The summed E-state index contributed by atoms with van der Waals surface area (Å²) in [6.45, 7) is 4.36. The van der Waals surface area contributed by atoms with Gasteiger partial charge in [-0.05, 0) is 25.7 Å². The second-order valence-electron chi connectivity index (χ2n) is 3.88. The molecule has 0 radical (unpaired) electrons. The zero-order valence-corrected chi connectivity index (χ0v) is 9.39. The molecule has 0 aliphatic heterocycles. The van der Waals surface area contributed by atoms with Crippen molar-refractivity contribution in [2.45, 2.75) is 26.2 Å². The lowest BCUT2D eigenvalue weighted by Crippen LogP contribution is -2.32. The summed E-state index contributed by atoms with van der Waals surface area (Å²) in [6, 6.07) is 0. The van der Waals surface area contributed by atoms with E-state index in [1.807, 2.05) is 0 Å². The molecule has 0 aromatic carbocycles. The van der Waals surface area contributed by atoms with Crippen LogP contribution in [0.15, 0.2) is 6.20 Å². The van der Waals surface area contributed by atoms with E-state index in [2.05, 4.69) is 16.8 Å². The standard InChI is InChI=1S/C10H17N3S/c1-2-13(7-8-4-3-5-8)10-12-6-9(11)14-10/h6,8H,2-5,7,11H2,1H3. The number of rotatable bonds is 4. The number of nitrogens with two attached hydrogens (primary N) is 1. The monoisotopic (exact) mass is 211 g/mol. The van der Waals surface area contributed by atoms with Gasteiger partial charge in [-0.15, -0.1) is 0 Å². The highest BCUT2D eigenvalue weighted by molar-refractivity contribution is 7.19. The average molecular weight is 211 g/mol. The highest BCUT2D eigenvalue weighted by Gasteiger charge is 2.21. The Bertz CT molecular complexity index is 293. The molecule has 14 heavy (non-hydrogen) atoms. The summed E-state index contributed by atoms with van der Waals surface area (Å²) in [5.74, 6) is 0.889. The molecule has 78 valence electrons. The molecule has 1 aromatic heterocycles. The first kappa shape index (κ1) is 9.77. The van der Waals surface area contributed by atoms with Crippen LogP contribution in [0.2, 0.25) is 0 Å². The Morgan fingerprint density at radius 2 is 2.43 bits per heavy atom. The summed E-state index contributed by atoms with van der Waals surface area (Å²) < 4.78 is 0. The van der Waals surface area contributed by atoms with E-state index in [0.717, 1.165) is 29.1 Å². The van der Waals surface area contributed by atoms with E-state index in [9.17, 15) is 0 Å². The lowest BCUT2D eigenvalue weighted by molar-refractivity contribution is 0.318. The molecule has 4 heteroatoms. The van der Waals surface area contributed by atoms with Gasteiger partial charge in [0.25, 0.3) is 0 Å². The van der Waals surface area contributed by atoms with Crippen molar-refractivity contribution in [1.29, 1.82) is 0 Å². The van der Waals surface area contributed by atoms with Gasteiger partial charge in [0.05, 0.1) is 6.20 Å². The largest absolute Gasteiger partial charge is 0.389 e. The molecule has 1 aliphatic rings. The summed E-state index contributed by atoms with van der Waals surface area (Å²) in [4.78, 5) is 6.66. The fourth-order valence-electron chi connectivity index (χ4n) is 1.75. The maximum absolute atomic E-state index is 5.68. The topological polar surface area (TPSA) is 42.2 Å². The van der Waals surface area contributed by atoms with E-state index in [1.165, 1.54) is 19.3 Å². The molecule has 1 aromatic rings. The Hall–Kier alpha value is -0.770. The molecule has 0 bridgehead atoms. The van der Waals surface area contributed by atoms with Gasteiger partial charge in [0, 0.05) is 13.1 Å². The van der Waals surface area contributed by atoms with E-state index in [1.54, 1.807) is 17.5 Å². The number of nitrogens with zero attached hydrogens (tertiary/aromatic N) is 2. The summed E-state index contributed by atoms with van der Waals surface area (Å²) >= 11 is 1.59. The lowest BCUT2D eigenvalue weighted by atomic mass is 9.85. The van der Waals surface area contributed by atoms with Gasteiger partial charge in [-0.2, -0.15) is 0 Å². The van der Waals surface area contributed by atoms with Gasteiger partial charge in [0.15, 0.2) is 5.13 Å². The number of aromatic nitrogens is 1. The molecule has 1 heterocycles. The second kappa shape index (κ2) is 4.17. The average Bonchev–Trinajstić information content (AvgIpc) is 2.50. The quantitative estimate of drug-likeness (QED) is 0.831. The van der Waals surface area contributed by atoms with E-state index < -0.39 is 0 Å². The first-order valence-corrected chi connectivity index (χ1v) is 6.07. The SMILES string of the molecule is CCN(CC1CCC1)c1ncc(N)s1. The predicted molar refractivity (Wildman–Crippen MR) is 61.8 cm³/mol. The van der Waals surface area contributed by atoms with E-state index in [4.69, 9.17) is 5.73 Å². The fraction of sp³-hybridized carbons (Fsp3) is 0.700. The van der Waals surface area contributed by atoms with Gasteiger partial charge in [-0.1, -0.05) is 17.8 Å². The van der Waals surface area contributed by atoms with Crippen LogP contribution in [0.4, 0.5) is 10.1 Å². The third-order valence-corrected chi connectivity index (χ3v) is 3.75. The van der Waals surface area contributed by atoms with Crippen LogP contribution in [0, 0.1) is 5.92 Å². The number of hydrogen-bond donors (Lipinski definition) is 1. The van der Waals surface area contributed by atoms with Crippen molar-refractivity contribution in [3.63, 3.8) is 0 Å². The highest BCUT2D eigenvalue weighted by atomic mass is 32.1. The van der Waals surface area contributed by atoms with Gasteiger partial charge in [-0.3, -0.25) is 0 Å². The summed E-state index contributed by atoms with van der Waals surface area (Å²) in [7, 11) is 0. The van der Waals surface area contributed by atoms with E-state index in [0.29, 0.717) is 0 Å². The zero-order chi connectivity index (χ0) is 9.97. The normalized spacial score (nSPS) is 16.6. The van der Waals surface area contributed by atoms with E-state index >= 15 is 0 Å². The van der Waals surface area contributed by atoms with Crippen LogP contribution in [0.25, 0.3) is 0 Å². The van der Waals surface area contributed by atoms with Gasteiger partial charge < -0.3 is 10.6 Å². The van der Waals surface area contributed by atoms with Crippen LogP contribution < -0.4 is 10.6 Å². The molecular weight excluding hydrogens is 194 g/mol. The summed E-state index contributed by atoms with van der Waals surface area (Å²) in [6.07, 6.45) is 5.93. The third kappa shape index (κ3) is 2.00. The first-order valence-electron chi connectivity index (χ1n) is 5.26. The minimum Gasteiger partial charge on any atom is -0.389 e. The van der Waals surface area contributed by atoms with Crippen LogP contribution in [0.5, 0.6) is 0 Å². The minimum atomic E-state index is 0.812. The Kier molecular flexibility index (Phi) is 2.91.